The van der Waals surface area contributed by atoms with Crippen molar-refractivity contribution >= 4 is 23.7 Å². The van der Waals surface area contributed by atoms with E-state index in [-0.39, 0.29) is 12.3 Å². The quantitative estimate of drug-likeness (QED) is 0.0302. The number of allylic oxidation sites excluding steroid dienone is 3. The van der Waals surface area contributed by atoms with E-state index >= 15 is 0 Å². The van der Waals surface area contributed by atoms with Crippen LogP contribution in [0.5, 0.6) is 0 Å². The van der Waals surface area contributed by atoms with Crippen LogP contribution in [0.4, 0.5) is 0 Å². The van der Waals surface area contributed by atoms with Crippen molar-refractivity contribution in [1.82, 2.24) is 16.0 Å². The molecule has 4 heterocycles. The number of unbranched alkanes of at least 4 members (excludes halogenated alkanes) is 30. The van der Waals surface area contributed by atoms with Gasteiger partial charge in [-0.15, -0.1) is 0 Å². The second-order valence-electron chi connectivity index (χ2n) is 28.9. The minimum absolute atomic E-state index is 0.159. The maximum Gasteiger partial charge on any atom is 0.364 e. The van der Waals surface area contributed by atoms with E-state index < -0.39 is 198 Å². The Morgan fingerprint density at radius 2 is 0.942 bits per heavy atom. The van der Waals surface area contributed by atoms with Gasteiger partial charge in [-0.05, 0) is 44.9 Å². The number of ether oxygens (including phenoxy) is 8. The van der Waals surface area contributed by atoms with Gasteiger partial charge < -0.3 is 125 Å². The zero-order valence-electron chi connectivity index (χ0n) is 62.5. The Labute approximate surface area is 616 Å². The smallest absolute Gasteiger partial charge is 0.364 e. The number of nitrogens with one attached hydrogen (secondary N) is 3. The molecule has 606 valence electrons. The fourth-order valence-corrected chi connectivity index (χ4v) is 13.9. The predicted molar refractivity (Wildman–Crippen MR) is 383 cm³/mol. The van der Waals surface area contributed by atoms with Crippen LogP contribution in [0, 0.1) is 0 Å². The van der Waals surface area contributed by atoms with Crippen LogP contribution in [-0.4, -0.2) is 269 Å². The number of carbonyl (C=O) groups excluding carboxylic acids is 3. The molecule has 4 aliphatic rings. The molecule has 0 spiro atoms. The predicted octanol–water partition coefficient (Wildman–Crippen LogP) is 4.03. The van der Waals surface area contributed by atoms with Crippen LogP contribution in [0.1, 0.15) is 252 Å². The van der Waals surface area contributed by atoms with Gasteiger partial charge in [-0.1, -0.05) is 205 Å². The lowest BCUT2D eigenvalue weighted by Crippen LogP contribution is -2.72. The third-order valence-corrected chi connectivity index (χ3v) is 20.1. The Hall–Kier alpha value is -3.48. The third kappa shape index (κ3) is 32.2. The lowest BCUT2D eigenvalue weighted by atomic mass is 9.88. The summed E-state index contributed by atoms with van der Waals surface area (Å²) in [7, 11) is 0. The van der Waals surface area contributed by atoms with Crippen molar-refractivity contribution in [3.63, 3.8) is 0 Å². The van der Waals surface area contributed by atoms with Gasteiger partial charge in [0.25, 0.3) is 5.79 Å². The minimum atomic E-state index is -3.28. The summed E-state index contributed by atoms with van der Waals surface area (Å²) in [6.45, 7) is 1.75. The van der Waals surface area contributed by atoms with Crippen molar-refractivity contribution in [3.8, 4) is 0 Å². The molecule has 1 unspecified atom stereocenters. The van der Waals surface area contributed by atoms with Crippen LogP contribution in [-0.2, 0) is 57.1 Å². The second kappa shape index (κ2) is 52.6. The number of hydrogen-bond donors (Lipinski definition) is 17. The van der Waals surface area contributed by atoms with Crippen molar-refractivity contribution in [2.24, 2.45) is 0 Å². The minimum Gasteiger partial charge on any atom is -0.477 e. The highest BCUT2D eigenvalue weighted by molar-refractivity contribution is 5.77. The number of aliphatic hydroxyl groups excluding tert-OH is 13. The van der Waals surface area contributed by atoms with Crippen molar-refractivity contribution in [2.45, 2.75) is 393 Å². The fraction of sp³-hybridized carbons (Fsp3) is 0.893. The maximum atomic E-state index is 13.6. The van der Waals surface area contributed by atoms with E-state index in [0.29, 0.717) is 12.8 Å². The molecule has 17 N–H and O–H groups in total. The SMILES string of the molecule is CCCCCCCC/C=C\CCCCCCCCCCCCCCCC(=O)N[C@@H](CO[C@@H]1O[C@H](CO)[C@@H](O[C@@H]2O[C@H](CO)[C@H](O[C@@H]3O[C@H](CO)[C@H](O)[C@H](O)[C@H]3NC(C)=O)[C@H](O[C@]3(C(=O)O)C[C@H](O)[C@@H](NC(C)=O)C([C@H](O)[C@H](O)CO)O3)[C@H]2O)[C@H](O)[C@H]1O)[C@H](O)/C=C/CCCCCCCCCCCCC. The van der Waals surface area contributed by atoms with E-state index in [4.69, 9.17) is 37.9 Å². The van der Waals surface area contributed by atoms with Crippen LogP contribution >= 0.6 is 0 Å². The Kier molecular flexibility index (Phi) is 47.0. The first kappa shape index (κ1) is 92.9. The highest BCUT2D eigenvalue weighted by Crippen LogP contribution is 2.40. The Bertz CT molecular complexity index is 2370. The highest BCUT2D eigenvalue weighted by atomic mass is 16.8. The summed E-state index contributed by atoms with van der Waals surface area (Å²) in [5.41, 5.74) is 0. The van der Waals surface area contributed by atoms with Crippen LogP contribution in [0.3, 0.4) is 0 Å². The van der Waals surface area contributed by atoms with Crippen molar-refractivity contribution in [2.75, 3.05) is 33.0 Å². The van der Waals surface area contributed by atoms with E-state index in [9.17, 15) is 90.7 Å². The van der Waals surface area contributed by atoms with Crippen molar-refractivity contribution in [3.05, 3.63) is 24.3 Å². The number of carboxylic acid groups (broad SMARTS) is 1. The van der Waals surface area contributed by atoms with Gasteiger partial charge in [0, 0.05) is 26.7 Å². The maximum absolute atomic E-state index is 13.6. The van der Waals surface area contributed by atoms with Gasteiger partial charge in [0.15, 0.2) is 18.9 Å². The molecule has 3 amide bonds. The first-order valence-corrected chi connectivity index (χ1v) is 39.2. The van der Waals surface area contributed by atoms with Crippen LogP contribution < -0.4 is 16.0 Å². The first-order chi connectivity index (χ1) is 50.0. The molecule has 0 radical (unpaired) electrons. The molecule has 0 aromatic carbocycles. The molecule has 29 nitrogen and oxygen atoms in total. The van der Waals surface area contributed by atoms with Gasteiger partial charge in [0.2, 0.25) is 17.7 Å². The fourth-order valence-electron chi connectivity index (χ4n) is 13.9. The zero-order valence-corrected chi connectivity index (χ0v) is 62.5. The van der Waals surface area contributed by atoms with E-state index in [2.05, 4.69) is 41.9 Å². The number of aliphatic carboxylic acids is 1. The summed E-state index contributed by atoms with van der Waals surface area (Å²) in [6.07, 6.45) is 7.65. The number of rotatable bonds is 56. The molecular formula is C75H135N3O26. The molecule has 4 fully saturated rings. The van der Waals surface area contributed by atoms with Crippen molar-refractivity contribution < 1.29 is 129 Å². The molecule has 23 atom stereocenters. The van der Waals surface area contributed by atoms with Gasteiger partial charge in [-0.25, -0.2) is 4.79 Å². The van der Waals surface area contributed by atoms with Crippen LogP contribution in [0.25, 0.3) is 0 Å². The van der Waals surface area contributed by atoms with Gasteiger partial charge in [-0.2, -0.15) is 0 Å². The van der Waals surface area contributed by atoms with Gasteiger partial charge in [-0.3, -0.25) is 14.4 Å². The molecule has 4 rings (SSSR count). The first-order valence-electron chi connectivity index (χ1n) is 39.2. The largest absolute Gasteiger partial charge is 0.477 e. The highest BCUT2D eigenvalue weighted by Gasteiger charge is 2.62. The average Bonchev–Trinajstić information content (AvgIpc) is 0.749. The normalized spacial score (nSPS) is 30.9. The standard InChI is InChI=1S/C75H135N3O26/c1-5-7-9-11-13-15-17-19-20-21-22-23-24-25-26-27-28-30-32-34-36-38-40-42-58(88)78-51(52(85)41-39-37-35-33-31-29-18-16-14-12-10-8-6-2)48-97-72-65(93)64(92)67(56(46-81)99-72)101-73-66(94)70(68(57(47-82)100-73)102-71-60(77-50(4)84)63(91)62(90)55(45-80)98-71)104-75(74(95)96)43-53(86)59(76-49(3)83)69(103-75)61(89)54(87)44-79/h19-20,39,41,51-57,59-73,79-82,85-87,89-94H,5-18,21-38,40,42-48H2,1-4H3,(H,76,83)(H,77,84)(H,78,88)(H,95,96)/b20-19-,41-39+/t51-,52+,53-,54+,55+,56+,57+,59+,60+,61+,62-,63+,64+,65+,66+,67+,68-,69?,70+,71-,72+,73-,75-/m0/s1. The van der Waals surface area contributed by atoms with Crippen LogP contribution in [0.2, 0.25) is 0 Å². The van der Waals surface area contributed by atoms with Gasteiger partial charge in [0.1, 0.15) is 91.5 Å². The van der Waals surface area contributed by atoms with Crippen molar-refractivity contribution in [1.29, 1.82) is 0 Å². The average molecular weight is 1490 g/mol. The molecule has 0 aromatic rings. The van der Waals surface area contributed by atoms with E-state index in [1.165, 1.54) is 148 Å². The summed E-state index contributed by atoms with van der Waals surface area (Å²) >= 11 is 0. The molecule has 4 saturated heterocycles. The topological polar surface area (TPSA) is 461 Å². The Balaban J connectivity index is 1.46. The van der Waals surface area contributed by atoms with Gasteiger partial charge >= 0.3 is 5.97 Å². The molecule has 104 heavy (non-hydrogen) atoms. The molecular weight excluding hydrogens is 1360 g/mol. The lowest BCUT2D eigenvalue weighted by molar-refractivity contribution is -0.401. The number of carbonyl (C=O) groups is 4. The third-order valence-electron chi connectivity index (χ3n) is 20.1. The molecule has 4 aliphatic heterocycles. The summed E-state index contributed by atoms with van der Waals surface area (Å²) in [5, 5.41) is 163. The molecule has 0 bridgehead atoms. The summed E-state index contributed by atoms with van der Waals surface area (Å²) in [4.78, 5) is 52.1. The molecule has 0 aliphatic carbocycles. The van der Waals surface area contributed by atoms with E-state index in [1.807, 2.05) is 6.08 Å². The van der Waals surface area contributed by atoms with Gasteiger partial charge in [0.05, 0.1) is 57.3 Å². The number of hydrogen-bond acceptors (Lipinski definition) is 25. The summed E-state index contributed by atoms with van der Waals surface area (Å²) in [6, 6.07) is -4.53. The zero-order chi connectivity index (χ0) is 76.4. The second-order valence-corrected chi connectivity index (χ2v) is 28.9. The molecule has 0 saturated carbocycles. The van der Waals surface area contributed by atoms with E-state index in [1.54, 1.807) is 6.08 Å². The van der Waals surface area contributed by atoms with Crippen LogP contribution in [0.15, 0.2) is 24.3 Å². The molecule has 29 heteroatoms. The lowest BCUT2D eigenvalue weighted by Gasteiger charge is -2.52. The number of carboxylic acids is 1. The Morgan fingerprint density at radius 1 is 0.500 bits per heavy atom. The Morgan fingerprint density at radius 3 is 1.42 bits per heavy atom. The summed E-state index contributed by atoms with van der Waals surface area (Å²) in [5.74, 6) is -7.37. The number of amides is 3. The van der Waals surface area contributed by atoms with E-state index in [0.717, 1.165) is 65.2 Å². The monoisotopic (exact) mass is 1490 g/mol. The number of aliphatic hydroxyl groups is 13. The summed E-state index contributed by atoms with van der Waals surface area (Å²) < 4.78 is 48.0. The molecule has 0 aromatic heterocycles.